The molecule has 0 amide bonds. The van der Waals surface area contributed by atoms with Crippen LogP contribution < -0.4 is 0 Å². The Morgan fingerprint density at radius 1 is 0.253 bits per heavy atom. The second kappa shape index (κ2) is 69.5. The minimum atomic E-state index is -0.822. The second-order valence-corrected chi connectivity index (χ2v) is 22.0. The molecule has 0 aliphatic heterocycles. The van der Waals surface area contributed by atoms with Crippen molar-refractivity contribution in [3.05, 3.63) is 158 Å². The highest BCUT2D eigenvalue weighted by molar-refractivity contribution is 5.71. The summed E-state index contributed by atoms with van der Waals surface area (Å²) in [6.07, 6.45) is 101. The number of allylic oxidation sites excluding steroid dienone is 26. The lowest BCUT2D eigenvalue weighted by Crippen LogP contribution is -2.30. The number of hydrogen-bond acceptors (Lipinski definition) is 6. The first-order valence-corrected chi connectivity index (χ1v) is 34.0. The van der Waals surface area contributed by atoms with Gasteiger partial charge in [-0.3, -0.25) is 14.4 Å². The number of hydrogen-bond donors (Lipinski definition) is 0. The van der Waals surface area contributed by atoms with Gasteiger partial charge in [-0.2, -0.15) is 0 Å². The zero-order valence-electron chi connectivity index (χ0n) is 53.7. The van der Waals surface area contributed by atoms with E-state index in [1.165, 1.54) is 116 Å². The molecular weight excluding hydrogens is 1020 g/mol. The first-order valence-electron chi connectivity index (χ1n) is 34.0. The molecule has 468 valence electrons. The number of carbonyl (C=O) groups excluding carboxylic acids is 3. The van der Waals surface area contributed by atoms with Crippen LogP contribution in [0.1, 0.15) is 290 Å². The molecule has 0 aliphatic carbocycles. The number of ether oxygens (including phenoxy) is 3. The third-order valence-electron chi connectivity index (χ3n) is 14.0. The predicted molar refractivity (Wildman–Crippen MR) is 362 cm³/mol. The van der Waals surface area contributed by atoms with E-state index in [-0.39, 0.29) is 37.5 Å². The van der Waals surface area contributed by atoms with E-state index in [0.29, 0.717) is 19.3 Å². The van der Waals surface area contributed by atoms with Gasteiger partial charge in [0.15, 0.2) is 6.10 Å². The molecular formula is C77H124O6. The van der Waals surface area contributed by atoms with Crippen molar-refractivity contribution in [2.45, 2.75) is 297 Å². The van der Waals surface area contributed by atoms with Crippen molar-refractivity contribution < 1.29 is 28.6 Å². The van der Waals surface area contributed by atoms with Gasteiger partial charge >= 0.3 is 17.9 Å². The Morgan fingerprint density at radius 2 is 0.494 bits per heavy atom. The van der Waals surface area contributed by atoms with Crippen LogP contribution in [0.2, 0.25) is 0 Å². The fourth-order valence-corrected chi connectivity index (χ4v) is 9.00. The lowest BCUT2D eigenvalue weighted by Gasteiger charge is -2.18. The third-order valence-corrected chi connectivity index (χ3v) is 14.0. The summed E-state index contributed by atoms with van der Waals surface area (Å²) >= 11 is 0. The van der Waals surface area contributed by atoms with E-state index in [1.54, 1.807) is 0 Å². The first-order chi connectivity index (χ1) is 41.0. The molecule has 0 aromatic heterocycles. The average molecular weight is 1150 g/mol. The molecule has 83 heavy (non-hydrogen) atoms. The number of rotatable bonds is 60. The summed E-state index contributed by atoms with van der Waals surface area (Å²) in [7, 11) is 0. The smallest absolute Gasteiger partial charge is 0.306 e. The van der Waals surface area contributed by atoms with Gasteiger partial charge in [-0.15, -0.1) is 0 Å². The van der Waals surface area contributed by atoms with Crippen LogP contribution in [0.3, 0.4) is 0 Å². The topological polar surface area (TPSA) is 78.9 Å². The summed E-state index contributed by atoms with van der Waals surface area (Å²) in [5.41, 5.74) is 0. The number of carbonyl (C=O) groups is 3. The van der Waals surface area contributed by atoms with Crippen molar-refractivity contribution in [2.75, 3.05) is 13.2 Å². The Kier molecular flexibility index (Phi) is 65.4. The van der Waals surface area contributed by atoms with Crippen molar-refractivity contribution >= 4 is 17.9 Å². The molecule has 6 nitrogen and oxygen atoms in total. The first kappa shape index (κ1) is 78.0. The van der Waals surface area contributed by atoms with Crippen molar-refractivity contribution in [3.63, 3.8) is 0 Å². The lowest BCUT2D eigenvalue weighted by molar-refractivity contribution is -0.166. The summed E-state index contributed by atoms with van der Waals surface area (Å²) in [5, 5.41) is 0. The van der Waals surface area contributed by atoms with Crippen molar-refractivity contribution in [1.82, 2.24) is 0 Å². The maximum atomic E-state index is 12.9. The van der Waals surface area contributed by atoms with Gasteiger partial charge in [0.05, 0.1) is 0 Å². The largest absolute Gasteiger partial charge is 0.462 e. The average Bonchev–Trinajstić information content (AvgIpc) is 3.49. The van der Waals surface area contributed by atoms with Crippen LogP contribution in [0, 0.1) is 0 Å². The van der Waals surface area contributed by atoms with Crippen LogP contribution in [0.25, 0.3) is 0 Å². The van der Waals surface area contributed by atoms with Crippen LogP contribution in [0.5, 0.6) is 0 Å². The van der Waals surface area contributed by atoms with Gasteiger partial charge in [0.2, 0.25) is 0 Å². The summed E-state index contributed by atoms with van der Waals surface area (Å²) in [4.78, 5) is 38.3. The second-order valence-electron chi connectivity index (χ2n) is 22.0. The van der Waals surface area contributed by atoms with E-state index in [1.807, 2.05) is 6.08 Å². The van der Waals surface area contributed by atoms with Crippen LogP contribution in [-0.4, -0.2) is 37.2 Å². The summed E-state index contributed by atoms with van der Waals surface area (Å²) in [5.74, 6) is -1.01. The Bertz CT molecular complexity index is 1840. The molecule has 6 heteroatoms. The van der Waals surface area contributed by atoms with E-state index in [0.717, 1.165) is 128 Å². The molecule has 0 rings (SSSR count). The van der Waals surface area contributed by atoms with E-state index in [9.17, 15) is 14.4 Å². The molecule has 0 saturated carbocycles. The van der Waals surface area contributed by atoms with Gasteiger partial charge in [-0.1, -0.05) is 294 Å². The summed E-state index contributed by atoms with van der Waals surface area (Å²) in [6, 6.07) is 0. The molecule has 0 saturated heterocycles. The zero-order chi connectivity index (χ0) is 59.9. The zero-order valence-corrected chi connectivity index (χ0v) is 53.7. The van der Waals surface area contributed by atoms with Crippen LogP contribution in [0.15, 0.2) is 158 Å². The highest BCUT2D eigenvalue weighted by Crippen LogP contribution is 2.15. The molecule has 0 aromatic carbocycles. The lowest BCUT2D eigenvalue weighted by atomic mass is 10.1. The molecule has 0 fully saturated rings. The van der Waals surface area contributed by atoms with E-state index >= 15 is 0 Å². The molecule has 0 aliphatic rings. The summed E-state index contributed by atoms with van der Waals surface area (Å²) in [6.45, 7) is 6.33. The Balaban J connectivity index is 4.38. The van der Waals surface area contributed by atoms with Gasteiger partial charge < -0.3 is 14.2 Å². The monoisotopic (exact) mass is 1140 g/mol. The molecule has 1 unspecified atom stereocenters. The van der Waals surface area contributed by atoms with Gasteiger partial charge in [-0.25, -0.2) is 0 Å². The molecule has 0 aromatic rings. The highest BCUT2D eigenvalue weighted by Gasteiger charge is 2.19. The van der Waals surface area contributed by atoms with Crippen molar-refractivity contribution in [2.24, 2.45) is 0 Å². The van der Waals surface area contributed by atoms with Crippen LogP contribution >= 0.6 is 0 Å². The van der Waals surface area contributed by atoms with Crippen LogP contribution in [0.4, 0.5) is 0 Å². The number of unbranched alkanes of at least 4 members (excludes halogenated alkanes) is 23. The molecule has 0 N–H and O–H groups in total. The van der Waals surface area contributed by atoms with Gasteiger partial charge in [0.25, 0.3) is 0 Å². The Labute approximate surface area is 511 Å². The number of esters is 3. The Hall–Kier alpha value is -4.97. The predicted octanol–water partition coefficient (Wildman–Crippen LogP) is 23.7. The van der Waals surface area contributed by atoms with Gasteiger partial charge in [0.1, 0.15) is 13.2 Å². The van der Waals surface area contributed by atoms with Gasteiger partial charge in [-0.05, 0) is 135 Å². The fraction of sp³-hybridized carbons (Fsp3) is 0.623. The van der Waals surface area contributed by atoms with E-state index in [4.69, 9.17) is 14.2 Å². The molecule has 0 spiro atoms. The molecule has 0 heterocycles. The van der Waals surface area contributed by atoms with Crippen LogP contribution in [-0.2, 0) is 28.6 Å². The normalized spacial score (nSPS) is 13.1. The molecule has 1 atom stereocenters. The Morgan fingerprint density at radius 3 is 0.807 bits per heavy atom. The van der Waals surface area contributed by atoms with E-state index in [2.05, 4.69) is 173 Å². The maximum Gasteiger partial charge on any atom is 0.306 e. The van der Waals surface area contributed by atoms with Gasteiger partial charge in [0, 0.05) is 19.3 Å². The third kappa shape index (κ3) is 67.7. The fourth-order valence-electron chi connectivity index (χ4n) is 9.00. The minimum absolute atomic E-state index is 0.111. The quantitative estimate of drug-likeness (QED) is 0.0261. The van der Waals surface area contributed by atoms with Crippen molar-refractivity contribution in [3.8, 4) is 0 Å². The molecule has 0 radical (unpaired) electrons. The van der Waals surface area contributed by atoms with E-state index < -0.39 is 6.10 Å². The summed E-state index contributed by atoms with van der Waals surface area (Å²) < 4.78 is 16.9. The highest BCUT2D eigenvalue weighted by atomic mass is 16.6. The molecule has 0 bridgehead atoms. The minimum Gasteiger partial charge on any atom is -0.462 e. The van der Waals surface area contributed by atoms with Crippen molar-refractivity contribution in [1.29, 1.82) is 0 Å². The maximum absolute atomic E-state index is 12.9. The standard InChI is InChI=1S/C77H124O6/c1-4-7-10-13-16-19-22-25-27-29-31-33-35-36-37-38-39-40-42-43-45-47-49-52-55-58-61-64-67-70-76(79)82-73-74(72-81-75(78)69-66-63-60-57-54-51-24-21-18-15-12-9-6-3)83-77(80)71-68-65-62-59-56-53-50-48-46-44-41-34-32-30-28-26-23-20-17-14-11-8-5-2/h7,9-10,12,16,18-19,21,23,25-27,30-33,36-37,39-41,44,51,54,60,63,74H,4-6,8,11,13-15,17,20,22,24,28-29,34-35,38,42-43,45-50,52-53,55-59,61-62,64-73H2,1-3H3/b10-7-,12-9-,19-16-,21-18-,26-23-,27-25-,32-30-,33-31-,37-36-,40-39-,44-41-,54-51-,63-60-. The SMILES string of the molecule is CC/C=C\C/C=C\C/C=C\C/C=C\C/C=C\C/C=C\CCCCCCCCCCCCC(=O)OCC(COC(=O)CC/C=C\C/C=C\C/C=C\C/C=C\CC)OC(=O)CCCCCCCCCC/C=C\C/C=C\C/C=C\CCCCCCC.